The molecular weight excluding hydrogens is 368 g/mol. The topological polar surface area (TPSA) is 104 Å². The van der Waals surface area contributed by atoms with Crippen molar-refractivity contribution in [2.45, 2.75) is 43.9 Å². The van der Waals surface area contributed by atoms with Gasteiger partial charge in [0, 0.05) is 19.6 Å². The summed E-state index contributed by atoms with van der Waals surface area (Å²) in [6.07, 6.45) is 3.09. The van der Waals surface area contributed by atoms with E-state index in [0.29, 0.717) is 25.9 Å². The van der Waals surface area contributed by atoms with Crippen LogP contribution in [-0.2, 0) is 19.6 Å². The number of hydrogen-bond donors (Lipinski definition) is 2. The Kier molecular flexibility index (Phi) is 5.58. The molecule has 1 saturated heterocycles. The van der Waals surface area contributed by atoms with E-state index in [2.05, 4.69) is 4.72 Å². The van der Waals surface area contributed by atoms with Gasteiger partial charge >= 0.3 is 5.97 Å². The van der Waals surface area contributed by atoms with E-state index in [1.807, 2.05) is 6.92 Å². The molecule has 1 aliphatic heterocycles. The first-order valence-corrected chi connectivity index (χ1v) is 10.8. The average molecular weight is 394 g/mol. The number of carbonyl (C=O) groups excluding carboxylic acids is 1. The molecule has 3 rings (SSSR count). The second-order valence-electron chi connectivity index (χ2n) is 7.67. The van der Waals surface area contributed by atoms with Gasteiger partial charge in [-0.1, -0.05) is 24.1 Å². The normalized spacial score (nSPS) is 22.1. The van der Waals surface area contributed by atoms with Crippen molar-refractivity contribution in [2.24, 2.45) is 11.3 Å². The molecule has 1 aromatic carbocycles. The van der Waals surface area contributed by atoms with Gasteiger partial charge < -0.3 is 10.0 Å². The first-order valence-electron chi connectivity index (χ1n) is 9.34. The predicted octanol–water partition coefficient (Wildman–Crippen LogP) is 1.77. The van der Waals surface area contributed by atoms with Crippen LogP contribution in [0.1, 0.15) is 37.7 Å². The summed E-state index contributed by atoms with van der Waals surface area (Å²) < 4.78 is 27.5. The third-order valence-corrected chi connectivity index (χ3v) is 7.16. The number of sulfonamides is 1. The molecule has 1 aliphatic carbocycles. The molecular formula is C19H26N2O5S. The Morgan fingerprint density at radius 1 is 1.22 bits per heavy atom. The molecule has 1 amide bonds. The Labute approximate surface area is 159 Å². The molecule has 0 spiro atoms. The maximum atomic E-state index is 12.8. The summed E-state index contributed by atoms with van der Waals surface area (Å²) in [5, 5.41) is 9.47. The molecule has 2 N–H and O–H groups in total. The second-order valence-corrected chi connectivity index (χ2v) is 9.43. The van der Waals surface area contributed by atoms with Gasteiger partial charge in [0.25, 0.3) is 0 Å². The number of aryl methyl sites for hydroxylation is 1. The van der Waals surface area contributed by atoms with Gasteiger partial charge in [0.2, 0.25) is 15.9 Å². The number of amides is 1. The first-order chi connectivity index (χ1) is 12.7. The van der Waals surface area contributed by atoms with Crippen molar-refractivity contribution < 1.29 is 23.1 Å². The van der Waals surface area contributed by atoms with E-state index in [-0.39, 0.29) is 23.3 Å². The number of nitrogens with one attached hydrogen (secondary N) is 1. The Hall–Kier alpha value is -1.93. The quantitative estimate of drug-likeness (QED) is 0.716. The summed E-state index contributed by atoms with van der Waals surface area (Å²) >= 11 is 0. The molecule has 7 nitrogen and oxygen atoms in total. The van der Waals surface area contributed by atoms with Gasteiger partial charge in [-0.2, -0.15) is 0 Å². The van der Waals surface area contributed by atoms with E-state index in [4.69, 9.17) is 0 Å². The lowest BCUT2D eigenvalue weighted by Crippen LogP contribution is -2.55. The molecule has 8 heteroatoms. The molecule has 148 valence electrons. The Balaban J connectivity index is 1.61. The Morgan fingerprint density at radius 3 is 2.44 bits per heavy atom. The second kappa shape index (κ2) is 7.59. The number of piperidine rings is 1. The molecule has 1 aromatic rings. The van der Waals surface area contributed by atoms with Crippen molar-refractivity contribution in [3.63, 3.8) is 0 Å². The van der Waals surface area contributed by atoms with Gasteiger partial charge in [-0.05, 0) is 50.7 Å². The third kappa shape index (κ3) is 4.01. The number of carbonyl (C=O) groups is 2. The van der Waals surface area contributed by atoms with Crippen LogP contribution in [0.2, 0.25) is 0 Å². The van der Waals surface area contributed by atoms with Crippen LogP contribution in [0.3, 0.4) is 0 Å². The highest BCUT2D eigenvalue weighted by Gasteiger charge is 2.53. The lowest BCUT2D eigenvalue weighted by atomic mass is 9.67. The molecule has 1 saturated carbocycles. The fraction of sp³-hybridized carbons (Fsp3) is 0.579. The van der Waals surface area contributed by atoms with Gasteiger partial charge in [0.15, 0.2) is 0 Å². The molecule has 1 unspecified atom stereocenters. The monoisotopic (exact) mass is 394 g/mol. The van der Waals surface area contributed by atoms with Gasteiger partial charge in [-0.25, -0.2) is 13.1 Å². The largest absolute Gasteiger partial charge is 0.480 e. The number of hydrogen-bond acceptors (Lipinski definition) is 4. The van der Waals surface area contributed by atoms with E-state index in [0.717, 1.165) is 24.8 Å². The van der Waals surface area contributed by atoms with E-state index < -0.39 is 21.4 Å². The summed E-state index contributed by atoms with van der Waals surface area (Å²) in [6.45, 7) is 3.06. The van der Waals surface area contributed by atoms with Gasteiger partial charge in [-0.3, -0.25) is 9.59 Å². The highest BCUT2D eigenvalue weighted by atomic mass is 32.2. The van der Waals surface area contributed by atoms with E-state index >= 15 is 0 Å². The van der Waals surface area contributed by atoms with Crippen molar-refractivity contribution in [2.75, 3.05) is 19.6 Å². The number of rotatable bonds is 6. The third-order valence-electron chi connectivity index (χ3n) is 5.73. The molecule has 0 bridgehead atoms. The molecule has 0 aromatic heterocycles. The van der Waals surface area contributed by atoms with Crippen LogP contribution in [0.25, 0.3) is 0 Å². The zero-order chi connectivity index (χ0) is 19.7. The number of nitrogens with zero attached hydrogens (tertiary/aromatic N) is 1. The Bertz CT molecular complexity index is 815. The van der Waals surface area contributed by atoms with Crippen molar-refractivity contribution >= 4 is 21.9 Å². The van der Waals surface area contributed by atoms with E-state index in [9.17, 15) is 23.1 Å². The summed E-state index contributed by atoms with van der Waals surface area (Å²) in [4.78, 5) is 26.1. The van der Waals surface area contributed by atoms with Crippen LogP contribution in [-0.4, -0.2) is 49.9 Å². The fourth-order valence-corrected chi connectivity index (χ4v) is 4.91. The highest BCUT2D eigenvalue weighted by Crippen LogP contribution is 2.43. The lowest BCUT2D eigenvalue weighted by molar-refractivity contribution is -0.168. The Morgan fingerprint density at radius 2 is 1.89 bits per heavy atom. The van der Waals surface area contributed by atoms with Gasteiger partial charge in [-0.15, -0.1) is 0 Å². The number of carboxylic acid groups (broad SMARTS) is 1. The molecule has 1 atom stereocenters. The van der Waals surface area contributed by atoms with Crippen LogP contribution in [0.5, 0.6) is 0 Å². The van der Waals surface area contributed by atoms with Gasteiger partial charge in [0.05, 0.1) is 4.90 Å². The summed E-state index contributed by atoms with van der Waals surface area (Å²) in [7, 11) is -3.60. The summed E-state index contributed by atoms with van der Waals surface area (Å²) in [5.41, 5.74) is -0.276. The number of benzene rings is 1. The molecule has 2 fully saturated rings. The smallest absolute Gasteiger partial charge is 0.319 e. The zero-order valence-electron chi connectivity index (χ0n) is 15.5. The van der Waals surface area contributed by atoms with Crippen molar-refractivity contribution in [1.29, 1.82) is 0 Å². The first kappa shape index (κ1) is 19.8. The number of carboxylic acids is 1. The highest BCUT2D eigenvalue weighted by molar-refractivity contribution is 7.89. The van der Waals surface area contributed by atoms with Crippen LogP contribution < -0.4 is 4.72 Å². The lowest BCUT2D eigenvalue weighted by Gasteiger charge is -2.42. The minimum absolute atomic E-state index is 0.0196. The van der Waals surface area contributed by atoms with Gasteiger partial charge in [0.1, 0.15) is 5.41 Å². The summed E-state index contributed by atoms with van der Waals surface area (Å²) in [6, 6.07) is 6.64. The van der Waals surface area contributed by atoms with Crippen molar-refractivity contribution in [3.05, 3.63) is 29.8 Å². The SMILES string of the molecule is Cc1ccc(S(=O)(=O)NCC2CCCN(C(=O)C3(C(=O)O)CCC3)C2)cc1. The molecule has 1 heterocycles. The van der Waals surface area contributed by atoms with Crippen LogP contribution in [0.4, 0.5) is 0 Å². The molecule has 0 radical (unpaired) electrons. The maximum absolute atomic E-state index is 12.8. The fourth-order valence-electron chi connectivity index (χ4n) is 3.80. The van der Waals surface area contributed by atoms with Crippen LogP contribution in [0.15, 0.2) is 29.2 Å². The standard InChI is InChI=1S/C19H26N2O5S/c1-14-5-7-16(8-6-14)27(25,26)20-12-15-4-2-11-21(13-15)17(22)19(18(23)24)9-3-10-19/h5-8,15,20H,2-4,9-13H2,1H3,(H,23,24). The van der Waals surface area contributed by atoms with E-state index in [1.165, 1.54) is 0 Å². The van der Waals surface area contributed by atoms with Crippen LogP contribution >= 0.6 is 0 Å². The molecule has 2 aliphatic rings. The average Bonchev–Trinajstić information content (AvgIpc) is 2.59. The molecule has 27 heavy (non-hydrogen) atoms. The number of likely N-dealkylation sites (tertiary alicyclic amines) is 1. The minimum Gasteiger partial charge on any atom is -0.480 e. The minimum atomic E-state index is -3.60. The zero-order valence-corrected chi connectivity index (χ0v) is 16.3. The summed E-state index contributed by atoms with van der Waals surface area (Å²) in [5.74, 6) is -1.37. The van der Waals surface area contributed by atoms with Crippen molar-refractivity contribution in [3.8, 4) is 0 Å². The van der Waals surface area contributed by atoms with Crippen molar-refractivity contribution in [1.82, 2.24) is 9.62 Å². The maximum Gasteiger partial charge on any atom is 0.319 e. The van der Waals surface area contributed by atoms with E-state index in [1.54, 1.807) is 29.2 Å². The number of aliphatic carboxylic acids is 1. The van der Waals surface area contributed by atoms with Crippen LogP contribution in [0, 0.1) is 18.3 Å². The predicted molar refractivity (Wildman–Crippen MR) is 99.6 cm³/mol.